The van der Waals surface area contributed by atoms with Crippen LogP contribution >= 0.6 is 0 Å². The van der Waals surface area contributed by atoms with Crippen LogP contribution in [0.4, 0.5) is 0 Å². The lowest BCUT2D eigenvalue weighted by atomic mass is 10.1. The van der Waals surface area contributed by atoms with E-state index in [1.807, 2.05) is 48.9 Å². The maximum absolute atomic E-state index is 12.7. The molecule has 1 N–H and O–H groups in total. The number of nitrogens with zero attached hydrogens (tertiary/aromatic N) is 4. The fourth-order valence-electron chi connectivity index (χ4n) is 3.09. The second-order valence-electron chi connectivity index (χ2n) is 6.98. The standard InChI is InChI=1S/C19H21N5O2/c1-13-5-3-4-6-15(13)16-22-17(26-23-16)14(2)21-18(25)19(7-8-19)11-24-10-9-20-12-24/h3-6,9-10,12,14H,7-8,11H2,1-2H3,(H,21,25)/t14-/m1/s1. The monoisotopic (exact) mass is 351 g/mol. The van der Waals surface area contributed by atoms with Crippen molar-refractivity contribution in [2.75, 3.05) is 0 Å². The fraction of sp³-hybridized carbons (Fsp3) is 0.368. The second-order valence-corrected chi connectivity index (χ2v) is 6.98. The molecular weight excluding hydrogens is 330 g/mol. The fourth-order valence-corrected chi connectivity index (χ4v) is 3.09. The van der Waals surface area contributed by atoms with Gasteiger partial charge in [0.15, 0.2) is 0 Å². The van der Waals surface area contributed by atoms with E-state index in [-0.39, 0.29) is 17.4 Å². The summed E-state index contributed by atoms with van der Waals surface area (Å²) in [5.41, 5.74) is 1.65. The molecule has 1 fully saturated rings. The highest BCUT2D eigenvalue weighted by atomic mass is 16.5. The van der Waals surface area contributed by atoms with Crippen molar-refractivity contribution in [1.82, 2.24) is 25.0 Å². The number of hydrogen-bond donors (Lipinski definition) is 1. The van der Waals surface area contributed by atoms with Gasteiger partial charge in [-0.25, -0.2) is 4.98 Å². The molecule has 26 heavy (non-hydrogen) atoms. The number of carbonyl (C=O) groups excluding carboxylic acids is 1. The summed E-state index contributed by atoms with van der Waals surface area (Å²) in [5.74, 6) is 0.975. The van der Waals surface area contributed by atoms with Crippen LogP contribution in [0.3, 0.4) is 0 Å². The summed E-state index contributed by atoms with van der Waals surface area (Å²) in [6.45, 7) is 4.51. The number of rotatable bonds is 6. The van der Waals surface area contributed by atoms with E-state index in [4.69, 9.17) is 4.52 Å². The first kappa shape index (κ1) is 16.5. The van der Waals surface area contributed by atoms with Gasteiger partial charge in [-0.1, -0.05) is 29.4 Å². The van der Waals surface area contributed by atoms with E-state index >= 15 is 0 Å². The number of aryl methyl sites for hydroxylation is 1. The second kappa shape index (κ2) is 6.40. The Hall–Kier alpha value is -2.96. The van der Waals surface area contributed by atoms with E-state index in [2.05, 4.69) is 20.4 Å². The Morgan fingerprint density at radius 3 is 2.88 bits per heavy atom. The van der Waals surface area contributed by atoms with Gasteiger partial charge in [-0.2, -0.15) is 4.98 Å². The normalized spacial score (nSPS) is 16.2. The molecule has 134 valence electrons. The molecule has 0 aliphatic heterocycles. The molecule has 1 aliphatic carbocycles. The summed E-state index contributed by atoms with van der Waals surface area (Å²) in [4.78, 5) is 21.2. The average Bonchev–Trinajstić information content (AvgIpc) is 3.03. The predicted molar refractivity (Wildman–Crippen MR) is 94.9 cm³/mol. The van der Waals surface area contributed by atoms with Crippen LogP contribution in [-0.2, 0) is 11.3 Å². The minimum atomic E-state index is -0.353. The van der Waals surface area contributed by atoms with Crippen LogP contribution in [0, 0.1) is 12.3 Å². The molecule has 3 aromatic rings. The summed E-state index contributed by atoms with van der Waals surface area (Å²) in [5, 5.41) is 7.09. The lowest BCUT2D eigenvalue weighted by Gasteiger charge is -2.18. The lowest BCUT2D eigenvalue weighted by Crippen LogP contribution is -2.36. The molecule has 4 rings (SSSR count). The maximum atomic E-state index is 12.7. The van der Waals surface area contributed by atoms with Crippen LogP contribution < -0.4 is 5.32 Å². The summed E-state index contributed by atoms with van der Waals surface area (Å²) in [6, 6.07) is 7.53. The van der Waals surface area contributed by atoms with Crippen molar-refractivity contribution in [3.05, 3.63) is 54.4 Å². The Labute approximate surface area is 151 Å². The first-order chi connectivity index (χ1) is 12.6. The van der Waals surface area contributed by atoms with Crippen molar-refractivity contribution in [2.45, 2.75) is 39.3 Å². The topological polar surface area (TPSA) is 85.8 Å². The highest BCUT2D eigenvalue weighted by Gasteiger charge is 2.50. The van der Waals surface area contributed by atoms with Crippen molar-refractivity contribution < 1.29 is 9.32 Å². The van der Waals surface area contributed by atoms with E-state index in [0.29, 0.717) is 18.3 Å². The number of aromatic nitrogens is 4. The molecule has 7 nitrogen and oxygen atoms in total. The molecule has 0 spiro atoms. The van der Waals surface area contributed by atoms with Gasteiger partial charge in [-0.05, 0) is 32.3 Å². The number of imidazole rings is 1. The van der Waals surface area contributed by atoms with Crippen molar-refractivity contribution in [3.8, 4) is 11.4 Å². The molecule has 2 heterocycles. The van der Waals surface area contributed by atoms with Gasteiger partial charge in [-0.3, -0.25) is 4.79 Å². The van der Waals surface area contributed by atoms with Crippen LogP contribution in [0.25, 0.3) is 11.4 Å². The van der Waals surface area contributed by atoms with Gasteiger partial charge < -0.3 is 14.4 Å². The van der Waals surface area contributed by atoms with E-state index in [0.717, 1.165) is 24.0 Å². The summed E-state index contributed by atoms with van der Waals surface area (Å²) < 4.78 is 7.33. The molecular formula is C19H21N5O2. The minimum absolute atomic E-state index is 0.0225. The molecule has 7 heteroatoms. The summed E-state index contributed by atoms with van der Waals surface area (Å²) in [7, 11) is 0. The highest BCUT2D eigenvalue weighted by Crippen LogP contribution is 2.47. The van der Waals surface area contributed by atoms with Gasteiger partial charge in [0, 0.05) is 24.5 Å². The largest absolute Gasteiger partial charge is 0.344 e. The molecule has 0 saturated heterocycles. The van der Waals surface area contributed by atoms with Crippen LogP contribution in [0.1, 0.15) is 37.3 Å². The van der Waals surface area contributed by atoms with E-state index in [1.54, 1.807) is 12.5 Å². The van der Waals surface area contributed by atoms with Gasteiger partial charge in [0.25, 0.3) is 0 Å². The first-order valence-corrected chi connectivity index (χ1v) is 8.74. The van der Waals surface area contributed by atoms with Crippen molar-refractivity contribution >= 4 is 5.91 Å². The Bertz CT molecular complexity index is 912. The molecule has 1 aliphatic rings. The van der Waals surface area contributed by atoms with E-state index < -0.39 is 0 Å². The molecule has 1 amide bonds. The van der Waals surface area contributed by atoms with Crippen LogP contribution in [0.5, 0.6) is 0 Å². The van der Waals surface area contributed by atoms with Gasteiger partial charge in [-0.15, -0.1) is 0 Å². The minimum Gasteiger partial charge on any atom is -0.344 e. The number of nitrogens with one attached hydrogen (secondary N) is 1. The summed E-state index contributed by atoms with van der Waals surface area (Å²) >= 11 is 0. The first-order valence-electron chi connectivity index (χ1n) is 8.74. The zero-order chi connectivity index (χ0) is 18.1. The van der Waals surface area contributed by atoms with Crippen LogP contribution in [-0.4, -0.2) is 25.6 Å². The molecule has 0 radical (unpaired) electrons. The van der Waals surface area contributed by atoms with Gasteiger partial charge in [0.2, 0.25) is 17.6 Å². The zero-order valence-electron chi connectivity index (χ0n) is 14.8. The quantitative estimate of drug-likeness (QED) is 0.738. The third kappa shape index (κ3) is 3.12. The predicted octanol–water partition coefficient (Wildman–Crippen LogP) is 2.90. The molecule has 1 saturated carbocycles. The number of hydrogen-bond acceptors (Lipinski definition) is 5. The van der Waals surface area contributed by atoms with Crippen molar-refractivity contribution in [3.63, 3.8) is 0 Å². The molecule has 1 aromatic carbocycles. The Morgan fingerprint density at radius 1 is 1.38 bits per heavy atom. The van der Waals surface area contributed by atoms with E-state index in [9.17, 15) is 4.79 Å². The van der Waals surface area contributed by atoms with Crippen molar-refractivity contribution in [2.24, 2.45) is 5.41 Å². The maximum Gasteiger partial charge on any atom is 0.249 e. The molecule has 0 bridgehead atoms. The van der Waals surface area contributed by atoms with Crippen molar-refractivity contribution in [1.29, 1.82) is 0 Å². The van der Waals surface area contributed by atoms with Gasteiger partial charge >= 0.3 is 0 Å². The third-order valence-corrected chi connectivity index (χ3v) is 4.93. The lowest BCUT2D eigenvalue weighted by molar-refractivity contribution is -0.127. The number of carbonyl (C=O) groups is 1. The van der Waals surface area contributed by atoms with E-state index in [1.165, 1.54) is 0 Å². The zero-order valence-corrected chi connectivity index (χ0v) is 14.8. The van der Waals surface area contributed by atoms with Crippen LogP contribution in [0.2, 0.25) is 0 Å². The Morgan fingerprint density at radius 2 is 2.19 bits per heavy atom. The average molecular weight is 351 g/mol. The SMILES string of the molecule is Cc1ccccc1-c1noc([C@@H](C)NC(=O)C2(Cn3ccnc3)CC2)n1. The smallest absolute Gasteiger partial charge is 0.249 e. The molecule has 1 atom stereocenters. The third-order valence-electron chi connectivity index (χ3n) is 4.93. The van der Waals surface area contributed by atoms with Crippen LogP contribution in [0.15, 0.2) is 47.5 Å². The van der Waals surface area contributed by atoms with Gasteiger partial charge in [0.05, 0.1) is 11.7 Å². The Balaban J connectivity index is 1.45. The molecule has 0 unspecified atom stereocenters. The summed E-state index contributed by atoms with van der Waals surface area (Å²) in [6.07, 6.45) is 7.10. The number of amides is 1. The highest BCUT2D eigenvalue weighted by molar-refractivity contribution is 5.85. The number of benzene rings is 1. The van der Waals surface area contributed by atoms with Gasteiger partial charge in [0.1, 0.15) is 6.04 Å². The molecule has 2 aromatic heterocycles. The Kier molecular flexibility index (Phi) is 4.06.